The Balaban J connectivity index is 1.86. The number of carbonyl (C=O) groups is 1. The molecule has 31 heavy (non-hydrogen) atoms. The van der Waals surface area contributed by atoms with Crippen molar-refractivity contribution >= 4 is 17.5 Å². The van der Waals surface area contributed by atoms with Crippen molar-refractivity contribution in [2.45, 2.75) is 20.3 Å². The van der Waals surface area contributed by atoms with Crippen LogP contribution in [0.3, 0.4) is 0 Å². The molecule has 2 heterocycles. The number of allylic oxidation sites excluding steroid dienone is 4. The van der Waals surface area contributed by atoms with Crippen LogP contribution >= 0.6 is 0 Å². The maximum Gasteiger partial charge on any atom is 0.255 e. The zero-order valence-corrected chi connectivity index (χ0v) is 17.7. The third-order valence-corrected chi connectivity index (χ3v) is 4.59. The number of rotatable bonds is 8. The largest absolute Gasteiger partial charge is 0.324 e. The van der Waals surface area contributed by atoms with Crippen molar-refractivity contribution in [3.63, 3.8) is 0 Å². The summed E-state index contributed by atoms with van der Waals surface area (Å²) in [5.74, 6) is 0.259. The molecule has 2 N–H and O–H groups in total. The highest BCUT2D eigenvalue weighted by molar-refractivity contribution is 5.96. The molecule has 6 heteroatoms. The predicted octanol–water partition coefficient (Wildman–Crippen LogP) is 5.22. The number of pyridine rings is 1. The molecule has 0 aliphatic heterocycles. The van der Waals surface area contributed by atoms with Gasteiger partial charge in [0.2, 0.25) is 5.95 Å². The van der Waals surface area contributed by atoms with Crippen molar-refractivity contribution in [3.05, 3.63) is 103 Å². The number of nitrogens with one attached hydrogen (secondary N) is 2. The Labute approximate surface area is 182 Å². The molecule has 1 aromatic carbocycles. The fourth-order valence-corrected chi connectivity index (χ4v) is 2.94. The minimum atomic E-state index is -0.197. The van der Waals surface area contributed by atoms with Gasteiger partial charge in [-0.15, -0.1) is 0 Å². The number of hydrogen-bond acceptors (Lipinski definition) is 5. The second kappa shape index (κ2) is 10.6. The fourth-order valence-electron chi connectivity index (χ4n) is 2.94. The van der Waals surface area contributed by atoms with Crippen LogP contribution in [-0.2, 0) is 6.42 Å². The van der Waals surface area contributed by atoms with Gasteiger partial charge >= 0.3 is 0 Å². The highest BCUT2D eigenvalue weighted by Gasteiger charge is 2.11. The third kappa shape index (κ3) is 5.73. The van der Waals surface area contributed by atoms with E-state index >= 15 is 0 Å². The summed E-state index contributed by atoms with van der Waals surface area (Å²) in [6, 6.07) is 11.2. The molecule has 0 fully saturated rings. The molecule has 0 saturated heterocycles. The lowest BCUT2D eigenvalue weighted by Gasteiger charge is -2.13. The molecule has 6 nitrogen and oxygen atoms in total. The van der Waals surface area contributed by atoms with Gasteiger partial charge in [-0.1, -0.05) is 37.8 Å². The number of aromatic nitrogens is 3. The second-order valence-electron chi connectivity index (χ2n) is 6.65. The fraction of sp³-hybridized carbons (Fsp3) is 0.120. The van der Waals surface area contributed by atoms with Gasteiger partial charge < -0.3 is 10.6 Å². The highest BCUT2D eigenvalue weighted by Crippen LogP contribution is 2.23. The van der Waals surface area contributed by atoms with Gasteiger partial charge in [0.25, 0.3) is 5.91 Å². The number of aryl methyl sites for hydroxylation is 1. The number of hydrogen-bond donors (Lipinski definition) is 2. The van der Waals surface area contributed by atoms with Crippen molar-refractivity contribution in [1.29, 1.82) is 0 Å². The van der Waals surface area contributed by atoms with Gasteiger partial charge in [-0.25, -0.2) is 9.97 Å². The van der Waals surface area contributed by atoms with E-state index in [4.69, 9.17) is 0 Å². The van der Waals surface area contributed by atoms with Crippen LogP contribution in [0.1, 0.15) is 29.8 Å². The SMILES string of the molecule is C=C/C=C\C(=C/C)NC(=O)c1ccc(CC)c(Nc2nccc(-c3cccnc3)n2)c1. The van der Waals surface area contributed by atoms with E-state index < -0.39 is 0 Å². The van der Waals surface area contributed by atoms with E-state index in [0.29, 0.717) is 17.2 Å². The number of amides is 1. The van der Waals surface area contributed by atoms with Gasteiger partial charge in [0, 0.05) is 41.1 Å². The van der Waals surface area contributed by atoms with Crippen molar-refractivity contribution in [3.8, 4) is 11.3 Å². The minimum Gasteiger partial charge on any atom is -0.324 e. The Morgan fingerprint density at radius 1 is 1.19 bits per heavy atom. The summed E-state index contributed by atoms with van der Waals surface area (Å²) in [6.07, 6.45) is 13.0. The van der Waals surface area contributed by atoms with E-state index in [0.717, 1.165) is 28.9 Å². The Hall–Kier alpha value is -4.06. The summed E-state index contributed by atoms with van der Waals surface area (Å²) >= 11 is 0. The molecular weight excluding hydrogens is 386 g/mol. The van der Waals surface area contributed by atoms with Crippen LogP contribution in [0.4, 0.5) is 11.6 Å². The number of carbonyl (C=O) groups excluding carboxylic acids is 1. The first-order valence-corrected chi connectivity index (χ1v) is 10.0. The number of anilines is 2. The standard InChI is InChI=1S/C25H25N5O/c1-4-7-10-21(6-3)28-24(31)19-12-11-18(5-2)23(16-19)30-25-27-15-13-22(29-25)20-9-8-14-26-17-20/h4,6-17H,1,5H2,2-3H3,(H,28,31)(H,27,29,30)/b10-7-,21-6+. The lowest BCUT2D eigenvalue weighted by atomic mass is 10.1. The second-order valence-corrected chi connectivity index (χ2v) is 6.65. The first kappa shape index (κ1) is 21.6. The average molecular weight is 412 g/mol. The molecule has 0 bridgehead atoms. The van der Waals surface area contributed by atoms with Gasteiger partial charge in [-0.3, -0.25) is 9.78 Å². The molecule has 0 aliphatic carbocycles. The quantitative estimate of drug-likeness (QED) is 0.497. The predicted molar refractivity (Wildman–Crippen MR) is 125 cm³/mol. The molecule has 2 aromatic heterocycles. The maximum atomic E-state index is 12.7. The van der Waals surface area contributed by atoms with Crippen molar-refractivity contribution in [2.24, 2.45) is 0 Å². The molecule has 156 valence electrons. The molecule has 0 aliphatic rings. The van der Waals surface area contributed by atoms with E-state index in [1.54, 1.807) is 36.8 Å². The highest BCUT2D eigenvalue weighted by atomic mass is 16.1. The summed E-state index contributed by atoms with van der Waals surface area (Å²) in [5, 5.41) is 6.16. The minimum absolute atomic E-state index is 0.197. The summed E-state index contributed by atoms with van der Waals surface area (Å²) < 4.78 is 0. The Morgan fingerprint density at radius 2 is 2.06 bits per heavy atom. The first-order chi connectivity index (χ1) is 15.1. The molecule has 1 amide bonds. The monoisotopic (exact) mass is 411 g/mol. The van der Waals surface area contributed by atoms with E-state index in [2.05, 4.69) is 39.1 Å². The van der Waals surface area contributed by atoms with Crippen LogP contribution in [0.5, 0.6) is 0 Å². The zero-order chi connectivity index (χ0) is 22.1. The van der Waals surface area contributed by atoms with E-state index in [9.17, 15) is 4.79 Å². The molecule has 0 unspecified atom stereocenters. The summed E-state index contributed by atoms with van der Waals surface area (Å²) in [6.45, 7) is 7.57. The van der Waals surface area contributed by atoms with Gasteiger partial charge in [0.05, 0.1) is 5.69 Å². The summed E-state index contributed by atoms with van der Waals surface area (Å²) in [5.41, 5.74) is 4.76. The average Bonchev–Trinajstić information content (AvgIpc) is 2.82. The number of benzene rings is 1. The maximum absolute atomic E-state index is 12.7. The van der Waals surface area contributed by atoms with E-state index in [-0.39, 0.29) is 5.91 Å². The number of nitrogens with zero attached hydrogens (tertiary/aromatic N) is 3. The van der Waals surface area contributed by atoms with E-state index in [1.165, 1.54) is 0 Å². The Bertz CT molecular complexity index is 1120. The van der Waals surface area contributed by atoms with Gasteiger partial charge in [0.15, 0.2) is 0 Å². The third-order valence-electron chi connectivity index (χ3n) is 4.59. The van der Waals surface area contributed by atoms with Crippen molar-refractivity contribution in [1.82, 2.24) is 20.3 Å². The van der Waals surface area contributed by atoms with Crippen LogP contribution in [0, 0.1) is 0 Å². The van der Waals surface area contributed by atoms with Crippen LogP contribution in [0.25, 0.3) is 11.3 Å². The van der Waals surface area contributed by atoms with Crippen LogP contribution < -0.4 is 10.6 Å². The lowest BCUT2D eigenvalue weighted by molar-refractivity contribution is 0.0967. The first-order valence-electron chi connectivity index (χ1n) is 10.0. The zero-order valence-electron chi connectivity index (χ0n) is 17.7. The molecule has 0 spiro atoms. The Kier molecular flexibility index (Phi) is 7.43. The molecule has 0 radical (unpaired) electrons. The van der Waals surface area contributed by atoms with Gasteiger partial charge in [-0.2, -0.15) is 0 Å². The normalized spacial score (nSPS) is 11.4. The van der Waals surface area contributed by atoms with Crippen molar-refractivity contribution in [2.75, 3.05) is 5.32 Å². The van der Waals surface area contributed by atoms with Gasteiger partial charge in [0.1, 0.15) is 0 Å². The molecule has 3 aromatic rings. The molecule has 3 rings (SSSR count). The van der Waals surface area contributed by atoms with Crippen LogP contribution in [0.2, 0.25) is 0 Å². The van der Waals surface area contributed by atoms with Crippen molar-refractivity contribution < 1.29 is 4.79 Å². The van der Waals surface area contributed by atoms with E-state index in [1.807, 2.05) is 49.4 Å². The Morgan fingerprint density at radius 3 is 2.77 bits per heavy atom. The molecule has 0 atom stereocenters. The summed E-state index contributed by atoms with van der Waals surface area (Å²) in [7, 11) is 0. The summed E-state index contributed by atoms with van der Waals surface area (Å²) in [4.78, 5) is 25.8. The van der Waals surface area contributed by atoms with Gasteiger partial charge in [-0.05, 0) is 55.3 Å². The van der Waals surface area contributed by atoms with Crippen LogP contribution in [-0.4, -0.2) is 20.9 Å². The topological polar surface area (TPSA) is 79.8 Å². The smallest absolute Gasteiger partial charge is 0.255 e. The lowest BCUT2D eigenvalue weighted by Crippen LogP contribution is -2.22. The van der Waals surface area contributed by atoms with Crippen LogP contribution in [0.15, 0.2) is 91.6 Å². The molecule has 0 saturated carbocycles. The molecular formula is C25H25N5O.